The molecule has 0 radical (unpaired) electrons. The van der Waals surface area contributed by atoms with E-state index in [1.807, 2.05) is 11.8 Å². The van der Waals surface area contributed by atoms with Gasteiger partial charge in [0.15, 0.2) is 0 Å². The summed E-state index contributed by atoms with van der Waals surface area (Å²) in [6.45, 7) is 9.09. The largest absolute Gasteiger partial charge is 0.316 e. The number of nitrogens with one attached hydrogen (secondary N) is 1. The minimum Gasteiger partial charge on any atom is -0.316 e. The van der Waals surface area contributed by atoms with Crippen molar-refractivity contribution in [2.75, 3.05) is 12.8 Å². The van der Waals surface area contributed by atoms with Crippen molar-refractivity contribution in [3.05, 3.63) is 29.8 Å². The lowest BCUT2D eigenvalue weighted by Crippen LogP contribution is -2.29. The second-order valence-corrected chi connectivity index (χ2v) is 7.31. The van der Waals surface area contributed by atoms with Gasteiger partial charge in [0.2, 0.25) is 0 Å². The molecule has 0 aliphatic rings. The number of hydrogen-bond donors (Lipinski definition) is 1. The molecule has 0 aliphatic carbocycles. The van der Waals surface area contributed by atoms with E-state index >= 15 is 0 Å². The Morgan fingerprint density at radius 3 is 2.56 bits per heavy atom. The zero-order valence-corrected chi connectivity index (χ0v) is 13.2. The highest BCUT2D eigenvalue weighted by Crippen LogP contribution is 2.25. The van der Waals surface area contributed by atoms with Crippen molar-refractivity contribution in [3.8, 4) is 0 Å². The zero-order chi connectivity index (χ0) is 13.6. The van der Waals surface area contributed by atoms with Crippen molar-refractivity contribution in [1.82, 2.24) is 5.32 Å². The molecular formula is C16H27NS. The van der Waals surface area contributed by atoms with Crippen LogP contribution in [-0.2, 0) is 0 Å². The Kier molecular flexibility index (Phi) is 6.24. The first-order chi connectivity index (χ1) is 8.40. The van der Waals surface area contributed by atoms with Crippen LogP contribution in [0.4, 0.5) is 0 Å². The van der Waals surface area contributed by atoms with Gasteiger partial charge in [-0.3, -0.25) is 0 Å². The average Bonchev–Trinajstić information content (AvgIpc) is 2.28. The molecule has 1 N–H and O–H groups in total. The Morgan fingerprint density at radius 2 is 2.00 bits per heavy atom. The van der Waals surface area contributed by atoms with Crippen LogP contribution in [0, 0.1) is 12.3 Å². The molecule has 0 saturated carbocycles. The normalized spacial score (nSPS) is 13.6. The monoisotopic (exact) mass is 265 g/mol. The van der Waals surface area contributed by atoms with Gasteiger partial charge in [-0.1, -0.05) is 38.5 Å². The van der Waals surface area contributed by atoms with E-state index in [2.05, 4.69) is 64.3 Å². The lowest BCUT2D eigenvalue weighted by molar-refractivity contribution is 0.343. The summed E-state index contributed by atoms with van der Waals surface area (Å²) in [4.78, 5) is 1.38. The quantitative estimate of drug-likeness (QED) is 0.760. The molecule has 0 heterocycles. The maximum absolute atomic E-state index is 3.44. The Bertz CT molecular complexity index is 354. The van der Waals surface area contributed by atoms with Crippen LogP contribution in [0.1, 0.15) is 39.2 Å². The van der Waals surface area contributed by atoms with Crippen LogP contribution >= 0.6 is 11.8 Å². The number of hydrogen-bond acceptors (Lipinski definition) is 2. The molecule has 0 amide bonds. The van der Waals surface area contributed by atoms with Gasteiger partial charge >= 0.3 is 0 Å². The number of rotatable bonds is 6. The molecule has 1 aromatic carbocycles. The second-order valence-electron chi connectivity index (χ2n) is 6.21. The molecule has 1 aromatic rings. The molecule has 1 atom stereocenters. The van der Waals surface area contributed by atoms with E-state index in [-0.39, 0.29) is 0 Å². The number of aryl methyl sites for hydroxylation is 1. The number of benzene rings is 1. The Labute approximate surface area is 117 Å². The molecule has 1 rings (SSSR count). The first-order valence-electron chi connectivity index (χ1n) is 6.77. The highest BCUT2D eigenvalue weighted by Gasteiger charge is 2.14. The Morgan fingerprint density at radius 1 is 1.28 bits per heavy atom. The van der Waals surface area contributed by atoms with E-state index in [1.54, 1.807) is 0 Å². The van der Waals surface area contributed by atoms with Crippen LogP contribution in [0.25, 0.3) is 0 Å². The predicted octanol–water partition coefficient (Wildman–Crippen LogP) is 4.50. The van der Waals surface area contributed by atoms with Crippen molar-refractivity contribution in [2.24, 2.45) is 5.41 Å². The molecule has 102 valence electrons. The number of thioether (sulfide) groups is 1. The summed E-state index contributed by atoms with van der Waals surface area (Å²) < 4.78 is 0. The Balaban J connectivity index is 2.40. The van der Waals surface area contributed by atoms with Crippen molar-refractivity contribution in [2.45, 2.75) is 51.5 Å². The van der Waals surface area contributed by atoms with Crippen LogP contribution in [-0.4, -0.2) is 18.8 Å². The molecule has 1 nitrogen and oxygen atoms in total. The third-order valence-corrected chi connectivity index (χ3v) is 4.25. The SMILES string of the molecule is CNC(CCC(C)(C)C)CSc1cccc(C)c1. The zero-order valence-electron chi connectivity index (χ0n) is 12.4. The average molecular weight is 265 g/mol. The lowest BCUT2D eigenvalue weighted by Gasteiger charge is -2.22. The first kappa shape index (κ1) is 15.6. The third-order valence-electron chi connectivity index (χ3n) is 3.09. The highest BCUT2D eigenvalue weighted by molar-refractivity contribution is 7.99. The Hall–Kier alpha value is -0.470. The molecule has 0 saturated heterocycles. The molecule has 0 aromatic heterocycles. The maximum Gasteiger partial charge on any atom is 0.0158 e. The molecule has 0 spiro atoms. The van der Waals surface area contributed by atoms with Crippen molar-refractivity contribution < 1.29 is 0 Å². The van der Waals surface area contributed by atoms with E-state index in [1.165, 1.54) is 23.3 Å². The maximum atomic E-state index is 3.44. The van der Waals surface area contributed by atoms with Gasteiger partial charge in [0.25, 0.3) is 0 Å². The summed E-state index contributed by atoms with van der Waals surface area (Å²) in [5.41, 5.74) is 1.78. The molecule has 0 aliphatic heterocycles. The molecule has 0 fully saturated rings. The highest BCUT2D eigenvalue weighted by atomic mass is 32.2. The molecule has 0 bridgehead atoms. The van der Waals surface area contributed by atoms with Crippen molar-refractivity contribution in [1.29, 1.82) is 0 Å². The van der Waals surface area contributed by atoms with Gasteiger partial charge in [0.05, 0.1) is 0 Å². The fourth-order valence-corrected chi connectivity index (χ4v) is 2.99. The summed E-state index contributed by atoms with van der Waals surface area (Å²) in [6, 6.07) is 9.37. The van der Waals surface area contributed by atoms with E-state index in [9.17, 15) is 0 Å². The predicted molar refractivity (Wildman–Crippen MR) is 83.4 cm³/mol. The van der Waals surface area contributed by atoms with Gasteiger partial charge in [0, 0.05) is 16.7 Å². The van der Waals surface area contributed by atoms with Crippen LogP contribution in [0.5, 0.6) is 0 Å². The molecular weight excluding hydrogens is 238 g/mol. The first-order valence-corrected chi connectivity index (χ1v) is 7.76. The van der Waals surface area contributed by atoms with Gasteiger partial charge in [-0.2, -0.15) is 0 Å². The van der Waals surface area contributed by atoms with Gasteiger partial charge in [-0.05, 0) is 44.4 Å². The smallest absolute Gasteiger partial charge is 0.0158 e. The van der Waals surface area contributed by atoms with Gasteiger partial charge in [-0.15, -0.1) is 11.8 Å². The van der Waals surface area contributed by atoms with E-state index in [0.717, 1.165) is 5.75 Å². The minimum atomic E-state index is 0.434. The van der Waals surface area contributed by atoms with Crippen LogP contribution < -0.4 is 5.32 Å². The summed E-state index contributed by atoms with van der Waals surface area (Å²) in [6.07, 6.45) is 2.52. The van der Waals surface area contributed by atoms with Gasteiger partial charge in [-0.25, -0.2) is 0 Å². The van der Waals surface area contributed by atoms with E-state index in [4.69, 9.17) is 0 Å². The molecule has 18 heavy (non-hydrogen) atoms. The fourth-order valence-electron chi connectivity index (χ4n) is 1.82. The van der Waals surface area contributed by atoms with Crippen LogP contribution in [0.3, 0.4) is 0 Å². The fraction of sp³-hybridized carbons (Fsp3) is 0.625. The van der Waals surface area contributed by atoms with Crippen molar-refractivity contribution >= 4 is 11.8 Å². The standard InChI is InChI=1S/C16H27NS/c1-13-7-6-8-15(11-13)18-12-14(17-5)9-10-16(2,3)4/h6-8,11,14,17H,9-10,12H2,1-5H3. The summed E-state index contributed by atoms with van der Waals surface area (Å²) in [5.74, 6) is 1.15. The van der Waals surface area contributed by atoms with E-state index < -0.39 is 0 Å². The summed E-state index contributed by atoms with van der Waals surface area (Å²) in [5, 5.41) is 3.44. The molecule has 1 unspecified atom stereocenters. The summed E-state index contributed by atoms with van der Waals surface area (Å²) in [7, 11) is 2.07. The van der Waals surface area contributed by atoms with E-state index in [0.29, 0.717) is 11.5 Å². The van der Waals surface area contributed by atoms with Crippen LogP contribution in [0.2, 0.25) is 0 Å². The van der Waals surface area contributed by atoms with Crippen molar-refractivity contribution in [3.63, 3.8) is 0 Å². The summed E-state index contributed by atoms with van der Waals surface area (Å²) >= 11 is 1.96. The van der Waals surface area contributed by atoms with Gasteiger partial charge < -0.3 is 5.32 Å². The second kappa shape index (κ2) is 7.20. The van der Waals surface area contributed by atoms with Gasteiger partial charge in [0.1, 0.15) is 0 Å². The third kappa shape index (κ3) is 6.46. The van der Waals surface area contributed by atoms with Crippen LogP contribution in [0.15, 0.2) is 29.2 Å². The lowest BCUT2D eigenvalue weighted by atomic mass is 9.89. The topological polar surface area (TPSA) is 12.0 Å². The minimum absolute atomic E-state index is 0.434. The molecule has 2 heteroatoms.